The van der Waals surface area contributed by atoms with Gasteiger partial charge in [-0.15, -0.1) is 0 Å². The summed E-state index contributed by atoms with van der Waals surface area (Å²) in [5.41, 5.74) is 5.05. The molecule has 0 aliphatic carbocycles. The minimum absolute atomic E-state index is 0.106. The Kier molecular flexibility index (Phi) is 6.14. The lowest BCUT2D eigenvalue weighted by atomic mass is 9.94. The summed E-state index contributed by atoms with van der Waals surface area (Å²) in [4.78, 5) is 15.2. The van der Waals surface area contributed by atoms with Crippen molar-refractivity contribution in [1.29, 1.82) is 0 Å². The molecule has 0 spiro atoms. The van der Waals surface area contributed by atoms with Gasteiger partial charge in [-0.05, 0) is 55.2 Å². The number of nitrogens with zero attached hydrogens (tertiary/aromatic N) is 2. The minimum atomic E-state index is -0.372. The number of aromatic amines is 1. The van der Waals surface area contributed by atoms with Gasteiger partial charge >= 0.3 is 0 Å². The van der Waals surface area contributed by atoms with E-state index in [1.54, 1.807) is 13.2 Å². The van der Waals surface area contributed by atoms with Gasteiger partial charge in [-0.2, -0.15) is 5.10 Å². The average Bonchev–Trinajstić information content (AvgIpc) is 3.34. The number of nitrogens with one attached hydrogen (secondary N) is 1. The largest absolute Gasteiger partial charge is 0.507 e. The lowest BCUT2D eigenvalue weighted by molar-refractivity contribution is 0.0743. The van der Waals surface area contributed by atoms with E-state index in [-0.39, 0.29) is 17.7 Å². The summed E-state index contributed by atoms with van der Waals surface area (Å²) in [6.07, 6.45) is 2.48. The molecule has 1 unspecified atom stereocenters. The zero-order valence-electron chi connectivity index (χ0n) is 19.4. The topological polar surface area (TPSA) is 87.7 Å². The number of carbonyl (C=O) groups excluding carboxylic acids is 1. The van der Waals surface area contributed by atoms with Gasteiger partial charge in [0.25, 0.3) is 5.91 Å². The number of hydrogen-bond acceptors (Lipinski definition) is 5. The van der Waals surface area contributed by atoms with Crippen molar-refractivity contribution in [1.82, 2.24) is 15.1 Å². The molecule has 2 N–H and O–H groups in total. The fourth-order valence-electron chi connectivity index (χ4n) is 4.48. The Labute approximate surface area is 193 Å². The van der Waals surface area contributed by atoms with Gasteiger partial charge in [0.05, 0.1) is 13.2 Å². The van der Waals surface area contributed by atoms with Crippen LogP contribution in [0.3, 0.4) is 0 Å². The van der Waals surface area contributed by atoms with Crippen molar-refractivity contribution in [3.8, 4) is 28.5 Å². The van der Waals surface area contributed by atoms with Crippen LogP contribution in [0.25, 0.3) is 11.3 Å². The predicted octanol–water partition coefficient (Wildman–Crippen LogP) is 4.93. The van der Waals surface area contributed by atoms with E-state index in [4.69, 9.17) is 9.47 Å². The number of ether oxygens (including phenoxy) is 2. The molecule has 0 radical (unpaired) electrons. The number of aromatic hydroxyl groups is 1. The number of fused-ring (bicyclic) bond motifs is 1. The maximum atomic E-state index is 13.3. The fourth-order valence-corrected chi connectivity index (χ4v) is 4.48. The van der Waals surface area contributed by atoms with E-state index >= 15 is 0 Å². The Balaban J connectivity index is 1.89. The van der Waals surface area contributed by atoms with Gasteiger partial charge in [0.2, 0.25) is 0 Å². The van der Waals surface area contributed by atoms with E-state index in [2.05, 4.69) is 16.8 Å². The van der Waals surface area contributed by atoms with Crippen molar-refractivity contribution in [2.45, 2.75) is 33.2 Å². The van der Waals surface area contributed by atoms with Crippen molar-refractivity contribution < 1.29 is 19.4 Å². The van der Waals surface area contributed by atoms with Crippen molar-refractivity contribution in [3.63, 3.8) is 0 Å². The molecule has 2 aromatic carbocycles. The second-order valence-corrected chi connectivity index (χ2v) is 8.25. The molecule has 0 fully saturated rings. The van der Waals surface area contributed by atoms with E-state index < -0.39 is 0 Å². The van der Waals surface area contributed by atoms with Gasteiger partial charge in [-0.3, -0.25) is 9.89 Å². The molecule has 0 saturated carbocycles. The maximum absolute atomic E-state index is 13.3. The van der Waals surface area contributed by atoms with Crippen LogP contribution in [0.4, 0.5) is 0 Å². The van der Waals surface area contributed by atoms with Gasteiger partial charge in [0.15, 0.2) is 11.5 Å². The Morgan fingerprint density at radius 1 is 1.24 bits per heavy atom. The molecule has 172 valence electrons. The van der Waals surface area contributed by atoms with Crippen LogP contribution in [0.5, 0.6) is 17.2 Å². The van der Waals surface area contributed by atoms with Crippen LogP contribution in [0.2, 0.25) is 0 Å². The molecule has 1 atom stereocenters. The smallest absolute Gasteiger partial charge is 0.273 e. The molecule has 33 heavy (non-hydrogen) atoms. The lowest BCUT2D eigenvalue weighted by Gasteiger charge is -2.26. The monoisotopic (exact) mass is 447 g/mol. The highest BCUT2D eigenvalue weighted by Crippen LogP contribution is 2.46. The third-order valence-electron chi connectivity index (χ3n) is 5.89. The number of phenolic OH excluding ortho intramolecular Hbond substituents is 1. The zero-order chi connectivity index (χ0) is 23.7. The summed E-state index contributed by atoms with van der Waals surface area (Å²) in [6, 6.07) is 9.13. The van der Waals surface area contributed by atoms with Crippen LogP contribution in [0.15, 0.2) is 43.0 Å². The van der Waals surface area contributed by atoms with Crippen LogP contribution >= 0.6 is 0 Å². The highest BCUT2D eigenvalue weighted by molar-refractivity contribution is 6.00. The first-order valence-corrected chi connectivity index (χ1v) is 11.0. The van der Waals surface area contributed by atoms with Gasteiger partial charge < -0.3 is 19.5 Å². The minimum Gasteiger partial charge on any atom is -0.507 e. The zero-order valence-corrected chi connectivity index (χ0v) is 19.4. The second-order valence-electron chi connectivity index (χ2n) is 8.25. The van der Waals surface area contributed by atoms with Gasteiger partial charge in [0.1, 0.15) is 23.7 Å². The van der Waals surface area contributed by atoms with Crippen molar-refractivity contribution in [3.05, 3.63) is 70.9 Å². The number of phenols is 1. The van der Waals surface area contributed by atoms with Crippen LogP contribution in [-0.4, -0.2) is 46.4 Å². The van der Waals surface area contributed by atoms with E-state index in [1.165, 1.54) is 0 Å². The van der Waals surface area contributed by atoms with E-state index in [0.29, 0.717) is 41.6 Å². The summed E-state index contributed by atoms with van der Waals surface area (Å²) < 4.78 is 11.3. The Morgan fingerprint density at radius 2 is 2.03 bits per heavy atom. The summed E-state index contributed by atoms with van der Waals surface area (Å²) >= 11 is 0. The average molecular weight is 448 g/mol. The van der Waals surface area contributed by atoms with Crippen LogP contribution in [-0.2, 0) is 0 Å². The number of carbonyl (C=O) groups is 1. The Morgan fingerprint density at radius 3 is 2.73 bits per heavy atom. The number of benzene rings is 2. The SMILES string of the molecule is C=CCOc1ccc(C2c3c(-c4cc(C)cc(C)c4O)n[nH]c3C(=O)N2CCC)cc1OC. The molecular formula is C26H29N3O4. The molecule has 7 nitrogen and oxygen atoms in total. The number of amides is 1. The van der Waals surface area contributed by atoms with Crippen molar-refractivity contribution in [2.75, 3.05) is 20.3 Å². The number of aromatic nitrogens is 2. The van der Waals surface area contributed by atoms with Gasteiger partial charge in [-0.1, -0.05) is 31.7 Å². The normalized spacial score (nSPS) is 15.0. The molecule has 2 heterocycles. The molecule has 0 bridgehead atoms. The summed E-state index contributed by atoms with van der Waals surface area (Å²) in [7, 11) is 1.59. The van der Waals surface area contributed by atoms with Crippen molar-refractivity contribution in [2.24, 2.45) is 0 Å². The second kappa shape index (κ2) is 9.02. The van der Waals surface area contributed by atoms with Gasteiger partial charge in [0, 0.05) is 17.7 Å². The lowest BCUT2D eigenvalue weighted by Crippen LogP contribution is -2.30. The predicted molar refractivity (Wildman–Crippen MR) is 127 cm³/mol. The molecule has 1 aliphatic rings. The van der Waals surface area contributed by atoms with E-state index in [0.717, 1.165) is 28.7 Å². The first kappa shape index (κ1) is 22.5. The third kappa shape index (κ3) is 3.84. The maximum Gasteiger partial charge on any atom is 0.273 e. The van der Waals surface area contributed by atoms with Gasteiger partial charge in [-0.25, -0.2) is 0 Å². The molecule has 1 amide bonds. The van der Waals surface area contributed by atoms with Crippen molar-refractivity contribution >= 4 is 5.91 Å². The summed E-state index contributed by atoms with van der Waals surface area (Å²) in [5, 5.41) is 18.2. The molecule has 7 heteroatoms. The number of hydrogen-bond donors (Lipinski definition) is 2. The third-order valence-corrected chi connectivity index (χ3v) is 5.89. The highest BCUT2D eigenvalue weighted by atomic mass is 16.5. The van der Waals surface area contributed by atoms with Crippen LogP contribution in [0, 0.1) is 13.8 Å². The van der Waals surface area contributed by atoms with Crippen LogP contribution < -0.4 is 9.47 Å². The first-order chi connectivity index (χ1) is 15.9. The Hall–Kier alpha value is -3.74. The molecule has 1 aromatic heterocycles. The molecule has 4 rings (SSSR count). The highest BCUT2D eigenvalue weighted by Gasteiger charge is 2.42. The number of rotatable bonds is 8. The summed E-state index contributed by atoms with van der Waals surface area (Å²) in [6.45, 7) is 10.5. The number of aryl methyl sites for hydroxylation is 2. The molecular weight excluding hydrogens is 418 g/mol. The van der Waals surface area contributed by atoms with Crippen LogP contribution in [0.1, 0.15) is 52.1 Å². The molecule has 1 aliphatic heterocycles. The molecule has 3 aromatic rings. The van der Waals surface area contributed by atoms with E-state index in [9.17, 15) is 9.90 Å². The fraction of sp³-hybridized carbons (Fsp3) is 0.308. The quantitative estimate of drug-likeness (QED) is 0.478. The number of H-pyrrole nitrogens is 1. The molecule has 0 saturated heterocycles. The Bertz CT molecular complexity index is 1210. The number of methoxy groups -OCH3 is 1. The standard InChI is InChI=1S/C26H29N3O4/c1-6-10-29-24(17-8-9-19(33-11-7-2)20(14-17)32-5)21-22(27-28-23(21)26(29)31)18-13-15(3)12-16(4)25(18)30/h7-9,12-14,24,30H,2,6,10-11H2,1,3-5H3,(H,27,28). The van der Waals surface area contributed by atoms with E-state index in [1.807, 2.05) is 56.0 Å². The summed E-state index contributed by atoms with van der Waals surface area (Å²) in [5.74, 6) is 1.24. The first-order valence-electron chi connectivity index (χ1n) is 11.0.